The maximum absolute atomic E-state index is 14.9. The maximum atomic E-state index is 14.9. The average molecular weight is 497 g/mol. The molecule has 1 aliphatic rings. The van der Waals surface area contributed by atoms with Crippen LogP contribution in [-0.2, 0) is 0 Å². The predicted octanol–water partition coefficient (Wildman–Crippen LogP) is 4.15. The van der Waals surface area contributed by atoms with Crippen LogP contribution >= 0.6 is 0 Å². The quantitative estimate of drug-likeness (QED) is 0.322. The van der Waals surface area contributed by atoms with Crippen LogP contribution < -0.4 is 10.1 Å². The van der Waals surface area contributed by atoms with E-state index in [2.05, 4.69) is 54.0 Å². The van der Waals surface area contributed by atoms with E-state index < -0.39 is 17.4 Å². The summed E-state index contributed by atoms with van der Waals surface area (Å²) in [4.78, 5) is 15.8. The number of benzene rings is 1. The molecular formula is C25H30F2N8O. The first-order chi connectivity index (χ1) is 17.4. The van der Waals surface area contributed by atoms with Gasteiger partial charge in [-0.3, -0.25) is 5.10 Å². The fourth-order valence-corrected chi connectivity index (χ4v) is 3.93. The number of hydrogen-bond acceptors (Lipinski definition) is 6. The highest BCUT2D eigenvalue weighted by Gasteiger charge is 2.19. The van der Waals surface area contributed by atoms with Crippen LogP contribution in [0.15, 0.2) is 46.2 Å². The Morgan fingerprint density at radius 1 is 1.25 bits per heavy atom. The van der Waals surface area contributed by atoms with E-state index >= 15 is 0 Å². The van der Waals surface area contributed by atoms with E-state index in [9.17, 15) is 8.78 Å². The highest BCUT2D eigenvalue weighted by Crippen LogP contribution is 2.30. The largest absolute Gasteiger partial charge is 0.465 e. The molecule has 190 valence electrons. The average Bonchev–Trinajstić information content (AvgIpc) is 3.46. The standard InChI is InChI=1S/C25H30F2N8O/c1-5-6-17-12-22(33-32-17)31-21(28-3)14-23(35-9-7-34(4)8-10-35)29-15-36-25-19(26)13-20-18(24(25)27)11-16(2)30-20/h5-6,11-14,30H,3,7-10,15H2,1-2,4H3,(H2,31,32,33)/b6-5-,21-14+,29-23+. The fraction of sp³-hybridized carbons (Fsp3) is 0.320. The maximum Gasteiger partial charge on any atom is 0.194 e. The van der Waals surface area contributed by atoms with Crippen LogP contribution in [0.4, 0.5) is 14.6 Å². The topological polar surface area (TPSA) is 96.9 Å². The number of aryl methyl sites for hydroxylation is 1. The molecular weight excluding hydrogens is 466 g/mol. The second kappa shape index (κ2) is 11.2. The number of nitrogens with zero attached hydrogens (tertiary/aromatic N) is 5. The van der Waals surface area contributed by atoms with E-state index in [1.165, 1.54) is 6.07 Å². The molecule has 0 unspecified atom stereocenters. The third kappa shape index (κ3) is 5.80. The van der Waals surface area contributed by atoms with Crippen molar-refractivity contribution in [2.24, 2.45) is 9.98 Å². The Labute approximate surface area is 208 Å². The first-order valence-electron chi connectivity index (χ1n) is 11.6. The van der Waals surface area contributed by atoms with Gasteiger partial charge in [-0.05, 0) is 39.8 Å². The van der Waals surface area contributed by atoms with Crippen LogP contribution in [0, 0.1) is 18.6 Å². The number of rotatable bonds is 8. The third-order valence-electron chi connectivity index (χ3n) is 5.81. The number of H-pyrrole nitrogens is 2. The number of aromatic amines is 2. The molecule has 9 nitrogen and oxygen atoms in total. The molecule has 0 amide bonds. The number of aliphatic imine (C=N–C) groups is 2. The first kappa shape index (κ1) is 25.1. The molecule has 3 N–H and O–H groups in total. The van der Waals surface area contributed by atoms with Gasteiger partial charge in [0.1, 0.15) is 11.7 Å². The van der Waals surface area contributed by atoms with Crippen LogP contribution in [0.5, 0.6) is 5.75 Å². The van der Waals surface area contributed by atoms with Crippen LogP contribution in [0.2, 0.25) is 0 Å². The molecule has 0 bridgehead atoms. The highest BCUT2D eigenvalue weighted by atomic mass is 19.1. The Morgan fingerprint density at radius 2 is 2.03 bits per heavy atom. The number of ether oxygens (including phenoxy) is 1. The summed E-state index contributed by atoms with van der Waals surface area (Å²) in [5, 5.41) is 10.5. The van der Waals surface area contributed by atoms with Gasteiger partial charge in [0.2, 0.25) is 0 Å². The Balaban J connectivity index is 1.57. The number of amidine groups is 1. The number of aromatic nitrogens is 3. The van der Waals surface area contributed by atoms with Crippen LogP contribution in [0.3, 0.4) is 0 Å². The van der Waals surface area contributed by atoms with Gasteiger partial charge in [0, 0.05) is 55.5 Å². The lowest BCUT2D eigenvalue weighted by molar-refractivity contribution is 0.214. The Kier molecular flexibility index (Phi) is 7.79. The summed E-state index contributed by atoms with van der Waals surface area (Å²) in [6, 6.07) is 4.67. The molecule has 4 rings (SSSR count). The molecule has 1 aromatic carbocycles. The number of nitrogens with one attached hydrogen (secondary N) is 3. The van der Waals surface area contributed by atoms with E-state index in [0.717, 1.165) is 37.6 Å². The Morgan fingerprint density at radius 3 is 2.75 bits per heavy atom. The molecule has 1 saturated heterocycles. The first-order valence-corrected chi connectivity index (χ1v) is 11.6. The van der Waals surface area contributed by atoms with Crippen LogP contribution in [-0.4, -0.2) is 77.5 Å². The molecule has 3 heterocycles. The molecule has 0 radical (unpaired) electrons. The smallest absolute Gasteiger partial charge is 0.194 e. The number of fused-ring (bicyclic) bond motifs is 1. The minimum atomic E-state index is -0.792. The van der Waals surface area contributed by atoms with Crippen molar-refractivity contribution in [2.45, 2.75) is 13.8 Å². The van der Waals surface area contributed by atoms with Crippen molar-refractivity contribution in [3.05, 3.63) is 59.2 Å². The van der Waals surface area contributed by atoms with Gasteiger partial charge >= 0.3 is 0 Å². The Hall–Kier alpha value is -3.99. The lowest BCUT2D eigenvalue weighted by Gasteiger charge is -2.33. The van der Waals surface area contributed by atoms with Crippen LogP contribution in [0.25, 0.3) is 17.0 Å². The number of halogens is 2. The van der Waals surface area contributed by atoms with Gasteiger partial charge in [-0.1, -0.05) is 6.08 Å². The summed E-state index contributed by atoms with van der Waals surface area (Å²) in [7, 11) is 2.05. The molecule has 0 spiro atoms. The molecule has 11 heteroatoms. The van der Waals surface area contributed by atoms with Crippen molar-refractivity contribution in [1.82, 2.24) is 25.0 Å². The van der Waals surface area contributed by atoms with Crippen LogP contribution in [0.1, 0.15) is 18.3 Å². The Bertz CT molecular complexity index is 1320. The van der Waals surface area contributed by atoms with Gasteiger partial charge in [-0.25, -0.2) is 18.8 Å². The molecule has 2 aromatic heterocycles. The zero-order chi connectivity index (χ0) is 25.7. The van der Waals surface area contributed by atoms with Gasteiger partial charge in [-0.15, -0.1) is 0 Å². The summed E-state index contributed by atoms with van der Waals surface area (Å²) in [5.41, 5.74) is 1.94. The summed E-state index contributed by atoms with van der Waals surface area (Å²) in [6.45, 7) is 10.2. The van der Waals surface area contributed by atoms with E-state index in [-0.39, 0.29) is 12.1 Å². The monoisotopic (exact) mass is 496 g/mol. The SMILES string of the molecule is C=N/C(=C\C(=N/COc1c(F)cc2[nH]c(C)cc2c1F)N1CCN(C)CC1)Nc1cc(/C=C\C)[nH]n1. The summed E-state index contributed by atoms with van der Waals surface area (Å²) in [5.74, 6) is -0.462. The second-order valence-corrected chi connectivity index (χ2v) is 8.52. The van der Waals surface area contributed by atoms with Crippen molar-refractivity contribution in [3.63, 3.8) is 0 Å². The van der Waals surface area contributed by atoms with E-state index in [1.807, 2.05) is 25.1 Å². The van der Waals surface area contributed by atoms with Crippen molar-refractivity contribution >= 4 is 35.3 Å². The lowest BCUT2D eigenvalue weighted by Crippen LogP contribution is -2.47. The molecule has 1 fully saturated rings. The number of anilines is 1. The summed E-state index contributed by atoms with van der Waals surface area (Å²) >= 11 is 0. The van der Waals surface area contributed by atoms with Gasteiger partial charge in [-0.2, -0.15) is 5.10 Å². The molecule has 0 aliphatic carbocycles. The second-order valence-electron chi connectivity index (χ2n) is 8.52. The molecule has 1 aliphatic heterocycles. The lowest BCUT2D eigenvalue weighted by atomic mass is 10.2. The minimum absolute atomic E-state index is 0.269. The van der Waals surface area contributed by atoms with Crippen molar-refractivity contribution in [1.29, 1.82) is 0 Å². The molecule has 36 heavy (non-hydrogen) atoms. The fourth-order valence-electron chi connectivity index (χ4n) is 3.93. The highest BCUT2D eigenvalue weighted by molar-refractivity contribution is 5.94. The summed E-state index contributed by atoms with van der Waals surface area (Å²) < 4.78 is 35.0. The van der Waals surface area contributed by atoms with E-state index in [0.29, 0.717) is 23.0 Å². The zero-order valence-electron chi connectivity index (χ0n) is 20.6. The van der Waals surface area contributed by atoms with Gasteiger partial charge in [0.15, 0.2) is 29.9 Å². The van der Waals surface area contributed by atoms with Crippen molar-refractivity contribution in [2.75, 3.05) is 45.3 Å². The minimum Gasteiger partial charge on any atom is -0.465 e. The number of hydrogen-bond donors (Lipinski definition) is 3. The predicted molar refractivity (Wildman–Crippen MR) is 140 cm³/mol. The van der Waals surface area contributed by atoms with Gasteiger partial charge in [0.05, 0.1) is 11.2 Å². The molecule has 0 saturated carbocycles. The van der Waals surface area contributed by atoms with E-state index in [1.54, 1.807) is 19.1 Å². The summed E-state index contributed by atoms with van der Waals surface area (Å²) in [6.07, 6.45) is 5.51. The van der Waals surface area contributed by atoms with Crippen molar-refractivity contribution < 1.29 is 13.5 Å². The van der Waals surface area contributed by atoms with Gasteiger partial charge < -0.3 is 24.8 Å². The number of piperazine rings is 1. The van der Waals surface area contributed by atoms with Crippen molar-refractivity contribution in [3.8, 4) is 5.75 Å². The number of allylic oxidation sites excluding steroid dienone is 1. The molecule has 3 aromatic rings. The normalized spacial score (nSPS) is 15.8. The zero-order valence-corrected chi connectivity index (χ0v) is 20.6. The molecule has 0 atom stereocenters. The third-order valence-corrected chi connectivity index (χ3v) is 5.81. The van der Waals surface area contributed by atoms with E-state index in [4.69, 9.17) is 4.74 Å². The van der Waals surface area contributed by atoms with Gasteiger partial charge in [0.25, 0.3) is 0 Å². The number of likely N-dealkylation sites (N-methyl/N-ethyl adjacent to an activating group) is 1.